The number of benzene rings is 3. The number of para-hydroxylation sites is 2. The normalized spacial score (nSPS) is 10.8. The maximum atomic E-state index is 4.49. The molecule has 0 radical (unpaired) electrons. The molecule has 120 valence electrons. The van der Waals surface area contributed by atoms with Crippen LogP contribution >= 0.6 is 0 Å². The van der Waals surface area contributed by atoms with E-state index in [1.54, 1.807) is 0 Å². The Morgan fingerprint density at radius 1 is 0.625 bits per heavy atom. The van der Waals surface area contributed by atoms with E-state index in [-0.39, 0.29) is 0 Å². The lowest BCUT2D eigenvalue weighted by Crippen LogP contribution is -2.09. The average Bonchev–Trinajstić information content (AvgIpc) is 2.67. The van der Waals surface area contributed by atoms with E-state index in [1.807, 2.05) is 66.8 Å². The Kier molecular flexibility index (Phi) is 4.92. The van der Waals surface area contributed by atoms with Crippen molar-refractivity contribution in [2.24, 2.45) is 5.10 Å². The van der Waals surface area contributed by atoms with E-state index >= 15 is 0 Å². The zero-order valence-corrected chi connectivity index (χ0v) is 14.0. The second kappa shape index (κ2) is 7.47. The first-order valence-electron chi connectivity index (χ1n) is 7.95. The third-order valence-corrected chi connectivity index (χ3v) is 3.93. The topological polar surface area (TPSA) is 18.8 Å². The summed E-state index contributed by atoms with van der Waals surface area (Å²) in [5.41, 5.74) is 4.45. The second-order valence-electron chi connectivity index (χ2n) is 5.59. The van der Waals surface area contributed by atoms with E-state index in [2.05, 4.69) is 53.4 Å². The summed E-state index contributed by atoms with van der Waals surface area (Å²) in [6, 6.07) is 28.8. The summed E-state index contributed by atoms with van der Waals surface area (Å²) in [7, 11) is 4.02. The summed E-state index contributed by atoms with van der Waals surface area (Å²) in [4.78, 5) is 2.16. The first-order chi connectivity index (χ1) is 11.7. The minimum Gasteiger partial charge on any atom is -0.345 e. The minimum absolute atomic E-state index is 1.06. The molecular weight excluding hydrogens is 294 g/mol. The molecule has 0 aliphatic carbocycles. The molecule has 3 rings (SSSR count). The van der Waals surface area contributed by atoms with E-state index in [0.717, 1.165) is 16.9 Å². The van der Waals surface area contributed by atoms with E-state index in [1.165, 1.54) is 5.69 Å². The van der Waals surface area contributed by atoms with Gasteiger partial charge in [-0.2, -0.15) is 5.10 Å². The average molecular weight is 315 g/mol. The van der Waals surface area contributed by atoms with Crippen LogP contribution in [0.25, 0.3) is 0 Å². The van der Waals surface area contributed by atoms with Crippen molar-refractivity contribution in [3.8, 4) is 0 Å². The SMILES string of the molecule is CN(/N=C/c1ccc(N(C)c2ccccc2)cc1)c1ccccc1. The zero-order valence-electron chi connectivity index (χ0n) is 14.0. The molecule has 0 aliphatic rings. The molecule has 0 saturated carbocycles. The van der Waals surface area contributed by atoms with E-state index < -0.39 is 0 Å². The Labute approximate surface area is 143 Å². The maximum Gasteiger partial charge on any atom is 0.0590 e. The lowest BCUT2D eigenvalue weighted by molar-refractivity contribution is 1.02. The first kappa shape index (κ1) is 15.8. The highest BCUT2D eigenvalue weighted by Crippen LogP contribution is 2.23. The molecule has 3 nitrogen and oxygen atoms in total. The van der Waals surface area contributed by atoms with Gasteiger partial charge >= 0.3 is 0 Å². The molecule has 24 heavy (non-hydrogen) atoms. The zero-order chi connectivity index (χ0) is 16.8. The van der Waals surface area contributed by atoms with Crippen LogP contribution in [-0.2, 0) is 0 Å². The number of nitrogens with zero attached hydrogens (tertiary/aromatic N) is 3. The maximum absolute atomic E-state index is 4.49. The summed E-state index contributed by atoms with van der Waals surface area (Å²) in [6.45, 7) is 0. The molecule has 0 saturated heterocycles. The Balaban J connectivity index is 1.69. The fourth-order valence-electron chi connectivity index (χ4n) is 2.45. The van der Waals surface area contributed by atoms with Gasteiger partial charge in [0.2, 0.25) is 0 Å². The van der Waals surface area contributed by atoms with Crippen LogP contribution in [-0.4, -0.2) is 20.3 Å². The highest BCUT2D eigenvalue weighted by molar-refractivity contribution is 5.81. The highest BCUT2D eigenvalue weighted by Gasteiger charge is 2.02. The van der Waals surface area contributed by atoms with Crippen molar-refractivity contribution >= 4 is 23.3 Å². The third-order valence-electron chi connectivity index (χ3n) is 3.93. The van der Waals surface area contributed by atoms with Gasteiger partial charge < -0.3 is 4.90 Å². The lowest BCUT2D eigenvalue weighted by atomic mass is 10.2. The Morgan fingerprint density at radius 2 is 1.12 bits per heavy atom. The van der Waals surface area contributed by atoms with Gasteiger partial charge in [-0.1, -0.05) is 48.5 Å². The summed E-state index contributed by atoms with van der Waals surface area (Å²) in [5, 5.41) is 6.36. The molecule has 0 atom stereocenters. The van der Waals surface area contributed by atoms with Crippen LogP contribution in [0.2, 0.25) is 0 Å². The van der Waals surface area contributed by atoms with Crippen molar-refractivity contribution in [2.75, 3.05) is 24.0 Å². The second-order valence-corrected chi connectivity index (χ2v) is 5.59. The van der Waals surface area contributed by atoms with Gasteiger partial charge in [-0.3, -0.25) is 5.01 Å². The number of hydrogen-bond donors (Lipinski definition) is 0. The molecule has 0 heterocycles. The first-order valence-corrected chi connectivity index (χ1v) is 7.95. The largest absolute Gasteiger partial charge is 0.345 e. The van der Waals surface area contributed by atoms with Crippen molar-refractivity contribution in [1.82, 2.24) is 0 Å². The monoisotopic (exact) mass is 315 g/mol. The molecule has 0 fully saturated rings. The van der Waals surface area contributed by atoms with Gasteiger partial charge in [-0.05, 0) is 42.0 Å². The molecular formula is C21H21N3. The Bertz CT molecular complexity index is 780. The van der Waals surface area contributed by atoms with Crippen molar-refractivity contribution in [3.63, 3.8) is 0 Å². The quantitative estimate of drug-likeness (QED) is 0.491. The number of anilines is 3. The van der Waals surface area contributed by atoms with E-state index in [4.69, 9.17) is 0 Å². The standard InChI is InChI=1S/C21H21N3/c1-23(19-9-5-3-6-10-19)20-15-13-18(14-16-20)17-22-24(2)21-11-7-4-8-12-21/h3-17H,1-2H3/b22-17+. The Morgan fingerprint density at radius 3 is 1.71 bits per heavy atom. The summed E-state index contributed by atoms with van der Waals surface area (Å²) < 4.78 is 0. The fraction of sp³-hybridized carbons (Fsp3) is 0.0952. The van der Waals surface area contributed by atoms with Crippen molar-refractivity contribution < 1.29 is 0 Å². The summed E-state index contributed by atoms with van der Waals surface area (Å²) >= 11 is 0. The molecule has 0 aliphatic heterocycles. The summed E-state index contributed by atoms with van der Waals surface area (Å²) in [6.07, 6.45) is 1.87. The van der Waals surface area contributed by atoms with Gasteiger partial charge in [0.25, 0.3) is 0 Å². The van der Waals surface area contributed by atoms with E-state index in [9.17, 15) is 0 Å². The number of hydrogen-bond acceptors (Lipinski definition) is 3. The van der Waals surface area contributed by atoms with Crippen LogP contribution in [0, 0.1) is 0 Å². The highest BCUT2D eigenvalue weighted by atomic mass is 15.4. The minimum atomic E-state index is 1.06. The predicted octanol–water partition coefficient (Wildman–Crippen LogP) is 4.92. The van der Waals surface area contributed by atoms with Crippen molar-refractivity contribution in [3.05, 3.63) is 90.5 Å². The van der Waals surface area contributed by atoms with Gasteiger partial charge in [0.05, 0.1) is 11.9 Å². The van der Waals surface area contributed by atoms with Crippen LogP contribution in [0.3, 0.4) is 0 Å². The van der Waals surface area contributed by atoms with Crippen LogP contribution in [0.1, 0.15) is 5.56 Å². The smallest absolute Gasteiger partial charge is 0.0590 e. The molecule has 0 aromatic heterocycles. The molecule has 0 amide bonds. The predicted molar refractivity (Wildman–Crippen MR) is 103 cm³/mol. The number of hydrazone groups is 1. The van der Waals surface area contributed by atoms with Gasteiger partial charge in [-0.25, -0.2) is 0 Å². The van der Waals surface area contributed by atoms with Crippen LogP contribution in [0.5, 0.6) is 0 Å². The summed E-state index contributed by atoms with van der Waals surface area (Å²) in [5.74, 6) is 0. The number of rotatable bonds is 5. The molecule has 3 aromatic carbocycles. The van der Waals surface area contributed by atoms with Gasteiger partial charge in [0, 0.05) is 25.5 Å². The molecule has 3 heteroatoms. The molecule has 0 unspecified atom stereocenters. The molecule has 0 N–H and O–H groups in total. The third kappa shape index (κ3) is 3.82. The van der Waals surface area contributed by atoms with Gasteiger partial charge in [0.1, 0.15) is 0 Å². The Hall–Kier alpha value is -3.07. The molecule has 3 aromatic rings. The van der Waals surface area contributed by atoms with Crippen molar-refractivity contribution in [2.45, 2.75) is 0 Å². The van der Waals surface area contributed by atoms with Gasteiger partial charge in [-0.15, -0.1) is 0 Å². The molecule has 0 bridgehead atoms. The van der Waals surface area contributed by atoms with Crippen LogP contribution in [0.4, 0.5) is 17.1 Å². The molecule has 0 spiro atoms. The lowest BCUT2D eigenvalue weighted by Gasteiger charge is -2.19. The van der Waals surface area contributed by atoms with Crippen molar-refractivity contribution in [1.29, 1.82) is 0 Å². The van der Waals surface area contributed by atoms with Gasteiger partial charge in [0.15, 0.2) is 0 Å². The van der Waals surface area contributed by atoms with Crippen LogP contribution < -0.4 is 9.91 Å². The van der Waals surface area contributed by atoms with Crippen LogP contribution in [0.15, 0.2) is 90.0 Å². The fourth-order valence-corrected chi connectivity index (χ4v) is 2.45. The van der Waals surface area contributed by atoms with E-state index in [0.29, 0.717) is 0 Å².